The number of amides is 1. The second-order valence-corrected chi connectivity index (χ2v) is 9.53. The van der Waals surface area contributed by atoms with E-state index in [4.69, 9.17) is 4.74 Å². The molecule has 0 spiro atoms. The monoisotopic (exact) mass is 398 g/mol. The van der Waals surface area contributed by atoms with E-state index in [1.807, 2.05) is 6.92 Å². The second-order valence-electron chi connectivity index (χ2n) is 7.33. The summed E-state index contributed by atoms with van der Waals surface area (Å²) in [6.45, 7) is 6.49. The van der Waals surface area contributed by atoms with Crippen molar-refractivity contribution in [1.29, 1.82) is 0 Å². The fourth-order valence-electron chi connectivity index (χ4n) is 4.29. The van der Waals surface area contributed by atoms with Crippen molar-refractivity contribution in [2.24, 2.45) is 17.8 Å². The molecule has 1 amide bonds. The Balaban J connectivity index is 1.33. The van der Waals surface area contributed by atoms with Gasteiger partial charge in [-0.05, 0) is 57.3 Å². The van der Waals surface area contributed by atoms with Crippen molar-refractivity contribution in [3.05, 3.63) is 0 Å². The Labute approximate surface area is 164 Å². The van der Waals surface area contributed by atoms with Crippen LogP contribution >= 0.6 is 23.1 Å². The third-order valence-electron chi connectivity index (χ3n) is 5.50. The van der Waals surface area contributed by atoms with E-state index in [1.165, 1.54) is 48.8 Å². The molecular weight excluding hydrogens is 368 g/mol. The number of anilines is 1. The molecule has 2 aliphatic rings. The molecule has 2 N–H and O–H groups in total. The quantitative estimate of drug-likeness (QED) is 0.439. The number of carbonyl (C=O) groups is 1. The Bertz CT molecular complexity index is 583. The topological polar surface area (TPSA) is 76.1 Å². The molecule has 6 nitrogen and oxygen atoms in total. The summed E-state index contributed by atoms with van der Waals surface area (Å²) in [5.41, 5.74) is 0. The molecule has 0 aromatic carbocycles. The highest BCUT2D eigenvalue weighted by Crippen LogP contribution is 2.49. The van der Waals surface area contributed by atoms with Gasteiger partial charge < -0.3 is 15.4 Å². The van der Waals surface area contributed by atoms with Crippen LogP contribution in [0.3, 0.4) is 0 Å². The van der Waals surface area contributed by atoms with Crippen molar-refractivity contribution >= 4 is 34.1 Å². The number of ether oxygens (including phenoxy) is 1. The van der Waals surface area contributed by atoms with E-state index >= 15 is 0 Å². The van der Waals surface area contributed by atoms with E-state index < -0.39 is 0 Å². The first-order valence-electron chi connectivity index (χ1n) is 9.73. The number of aromatic nitrogens is 2. The molecule has 4 atom stereocenters. The summed E-state index contributed by atoms with van der Waals surface area (Å²) in [7, 11) is 0. The Morgan fingerprint density at radius 2 is 2.27 bits per heavy atom. The molecule has 2 saturated carbocycles. The molecule has 0 saturated heterocycles. The highest BCUT2D eigenvalue weighted by atomic mass is 32.2. The van der Waals surface area contributed by atoms with Crippen LogP contribution in [-0.2, 0) is 9.53 Å². The Morgan fingerprint density at radius 3 is 3.00 bits per heavy atom. The van der Waals surface area contributed by atoms with Gasteiger partial charge >= 0.3 is 0 Å². The molecule has 2 bridgehead atoms. The number of hydrogen-bond donors (Lipinski definition) is 2. The molecule has 3 rings (SSSR count). The minimum absolute atomic E-state index is 0.103. The third kappa shape index (κ3) is 5.57. The molecule has 1 aromatic heterocycles. The molecular formula is C18H30N4O2S2. The summed E-state index contributed by atoms with van der Waals surface area (Å²) >= 11 is 2.97. The van der Waals surface area contributed by atoms with E-state index in [0.29, 0.717) is 11.7 Å². The van der Waals surface area contributed by atoms with Gasteiger partial charge in [0.2, 0.25) is 11.0 Å². The van der Waals surface area contributed by atoms with Crippen LogP contribution in [0.2, 0.25) is 0 Å². The third-order valence-corrected chi connectivity index (χ3v) is 7.52. The van der Waals surface area contributed by atoms with Crippen LogP contribution < -0.4 is 10.6 Å². The zero-order valence-corrected chi connectivity index (χ0v) is 17.3. The van der Waals surface area contributed by atoms with Crippen LogP contribution in [0.1, 0.15) is 46.0 Å². The zero-order chi connectivity index (χ0) is 18.4. The van der Waals surface area contributed by atoms with Gasteiger partial charge in [0.05, 0.1) is 5.75 Å². The molecule has 26 heavy (non-hydrogen) atoms. The van der Waals surface area contributed by atoms with Crippen LogP contribution in [0, 0.1) is 17.8 Å². The highest BCUT2D eigenvalue weighted by Gasteiger charge is 2.42. The summed E-state index contributed by atoms with van der Waals surface area (Å²) in [6.07, 6.45) is 6.38. The second kappa shape index (κ2) is 9.90. The van der Waals surface area contributed by atoms with Crippen molar-refractivity contribution in [2.45, 2.75) is 56.3 Å². The number of fused-ring (bicyclic) bond motifs is 2. The lowest BCUT2D eigenvalue weighted by atomic mass is 9.84. The minimum Gasteiger partial charge on any atom is -0.382 e. The summed E-state index contributed by atoms with van der Waals surface area (Å²) in [5, 5.41) is 15.5. The number of carbonyl (C=O) groups excluding carboxylic acids is 1. The number of rotatable bonds is 11. The molecule has 2 fully saturated rings. The van der Waals surface area contributed by atoms with Crippen molar-refractivity contribution in [3.8, 4) is 0 Å². The van der Waals surface area contributed by atoms with E-state index in [9.17, 15) is 4.79 Å². The van der Waals surface area contributed by atoms with Crippen LogP contribution in [0.4, 0.5) is 5.13 Å². The first-order chi connectivity index (χ1) is 12.7. The molecule has 0 radical (unpaired) electrons. The van der Waals surface area contributed by atoms with Crippen LogP contribution in [0.25, 0.3) is 0 Å². The highest BCUT2D eigenvalue weighted by molar-refractivity contribution is 8.01. The molecule has 8 heteroatoms. The average molecular weight is 399 g/mol. The van der Waals surface area contributed by atoms with Crippen molar-refractivity contribution in [3.63, 3.8) is 0 Å². The number of thioether (sulfide) groups is 1. The summed E-state index contributed by atoms with van der Waals surface area (Å²) in [5.74, 6) is 2.94. The largest absolute Gasteiger partial charge is 0.382 e. The lowest BCUT2D eigenvalue weighted by Crippen LogP contribution is -2.40. The van der Waals surface area contributed by atoms with Crippen molar-refractivity contribution in [1.82, 2.24) is 15.5 Å². The first-order valence-corrected chi connectivity index (χ1v) is 11.5. The van der Waals surface area contributed by atoms with E-state index in [2.05, 4.69) is 27.8 Å². The molecule has 2 aliphatic carbocycles. The van der Waals surface area contributed by atoms with Gasteiger partial charge in [-0.1, -0.05) is 29.5 Å². The van der Waals surface area contributed by atoms with Crippen molar-refractivity contribution < 1.29 is 9.53 Å². The van der Waals surface area contributed by atoms with Gasteiger partial charge in [-0.25, -0.2) is 0 Å². The fraction of sp³-hybridized carbons (Fsp3) is 0.833. The van der Waals surface area contributed by atoms with E-state index in [0.717, 1.165) is 47.5 Å². The van der Waals surface area contributed by atoms with E-state index in [-0.39, 0.29) is 11.9 Å². The minimum atomic E-state index is 0.103. The standard InChI is InChI=1S/C18H30N4O2S2/c1-3-24-8-4-7-19-17-21-22-18(26-17)25-11-16(23)20-12(2)15-10-13-5-6-14(15)9-13/h12-15H,3-11H2,1-2H3,(H,19,21)(H,20,23)/t12-,13-,14-,15-/m0/s1. The molecule has 146 valence electrons. The number of nitrogens with zero attached hydrogens (tertiary/aromatic N) is 2. The average Bonchev–Trinajstić information content (AvgIpc) is 3.36. The Morgan fingerprint density at radius 1 is 1.38 bits per heavy atom. The lowest BCUT2D eigenvalue weighted by molar-refractivity contribution is -0.119. The Hall–Kier alpha value is -0.860. The summed E-state index contributed by atoms with van der Waals surface area (Å²) in [4.78, 5) is 12.3. The van der Waals surface area contributed by atoms with Gasteiger partial charge in [-0.3, -0.25) is 4.79 Å². The molecule has 1 aromatic rings. The molecule has 1 heterocycles. The van der Waals surface area contributed by atoms with Gasteiger partial charge in [0.15, 0.2) is 4.34 Å². The van der Waals surface area contributed by atoms with Gasteiger partial charge in [0.1, 0.15) is 0 Å². The maximum atomic E-state index is 12.3. The fourth-order valence-corrected chi connectivity index (χ4v) is 5.88. The normalized spacial score (nSPS) is 25.4. The van der Waals surface area contributed by atoms with Gasteiger partial charge in [0.25, 0.3) is 0 Å². The predicted molar refractivity (Wildman–Crippen MR) is 107 cm³/mol. The van der Waals surface area contributed by atoms with Crippen LogP contribution in [0.5, 0.6) is 0 Å². The zero-order valence-electron chi connectivity index (χ0n) is 15.7. The maximum absolute atomic E-state index is 12.3. The first kappa shape index (κ1) is 19.9. The predicted octanol–water partition coefficient (Wildman–Crippen LogP) is 3.41. The van der Waals surface area contributed by atoms with Crippen molar-refractivity contribution in [2.75, 3.05) is 30.8 Å². The molecule has 0 aliphatic heterocycles. The smallest absolute Gasteiger partial charge is 0.230 e. The summed E-state index contributed by atoms with van der Waals surface area (Å²) < 4.78 is 6.14. The SMILES string of the molecule is CCOCCCNc1nnc(SCC(=O)N[C@@H](C)[C@@H]2C[C@H]3CC[C@H]2C3)s1. The Kier molecular flexibility index (Phi) is 7.57. The number of hydrogen-bond acceptors (Lipinski definition) is 7. The van der Waals surface area contributed by atoms with Gasteiger partial charge in [-0.2, -0.15) is 0 Å². The number of nitrogens with one attached hydrogen (secondary N) is 2. The van der Waals surface area contributed by atoms with Gasteiger partial charge in [0, 0.05) is 25.8 Å². The van der Waals surface area contributed by atoms with E-state index in [1.54, 1.807) is 0 Å². The van der Waals surface area contributed by atoms with Crippen LogP contribution in [-0.4, -0.2) is 47.7 Å². The maximum Gasteiger partial charge on any atom is 0.230 e. The summed E-state index contributed by atoms with van der Waals surface area (Å²) in [6, 6.07) is 0.287. The van der Waals surface area contributed by atoms with Crippen LogP contribution in [0.15, 0.2) is 4.34 Å². The van der Waals surface area contributed by atoms with Gasteiger partial charge in [-0.15, -0.1) is 10.2 Å². The lowest BCUT2D eigenvalue weighted by Gasteiger charge is -2.28. The molecule has 0 unspecified atom stereocenters.